The molecular weight excluding hydrogens is 384 g/mol. The molecule has 0 aliphatic carbocycles. The van der Waals surface area contributed by atoms with E-state index in [1.165, 1.54) is 11.3 Å². The van der Waals surface area contributed by atoms with Crippen LogP contribution in [0.3, 0.4) is 0 Å². The first kappa shape index (κ1) is 17.6. The second-order valence-electron chi connectivity index (χ2n) is 6.22. The number of nitrogens with zero attached hydrogens (tertiary/aromatic N) is 1. The highest BCUT2D eigenvalue weighted by atomic mass is 35.5. The number of thiophene rings is 1. The summed E-state index contributed by atoms with van der Waals surface area (Å²) in [6.45, 7) is 1.03. The van der Waals surface area contributed by atoms with Gasteiger partial charge in [-0.3, -0.25) is 5.32 Å². The van der Waals surface area contributed by atoms with Gasteiger partial charge in [0, 0.05) is 29.1 Å². The summed E-state index contributed by atoms with van der Waals surface area (Å²) < 4.78 is 0. The van der Waals surface area contributed by atoms with Crippen LogP contribution in [0.25, 0.3) is 11.1 Å². The third kappa shape index (κ3) is 3.41. The van der Waals surface area contributed by atoms with Gasteiger partial charge in [-0.05, 0) is 28.8 Å². The number of fused-ring (bicyclic) bond motifs is 1. The Morgan fingerprint density at radius 2 is 1.67 bits per heavy atom. The second-order valence-corrected chi connectivity index (χ2v) is 7.54. The Balaban J connectivity index is 1.58. The van der Waals surface area contributed by atoms with Gasteiger partial charge in [0.2, 0.25) is 0 Å². The number of halogens is 1. The molecule has 7 heteroatoms. The lowest BCUT2D eigenvalue weighted by atomic mass is 10.0. The maximum absolute atomic E-state index is 12.7. The van der Waals surface area contributed by atoms with Crippen molar-refractivity contribution in [3.05, 3.63) is 75.6 Å². The average molecular weight is 399 g/mol. The summed E-state index contributed by atoms with van der Waals surface area (Å²) in [6, 6.07) is 14.5. The summed E-state index contributed by atoms with van der Waals surface area (Å²) in [5, 5.41) is 15.1. The Bertz CT molecular complexity index is 1000. The highest BCUT2D eigenvalue weighted by Crippen LogP contribution is 2.36. The minimum Gasteiger partial charge on any atom is -0.478 e. The third-order valence-electron chi connectivity index (χ3n) is 4.51. The molecule has 4 rings (SSSR count). The number of benzene rings is 2. The molecule has 2 aromatic carbocycles. The Hall–Kier alpha value is -2.83. The minimum atomic E-state index is -1.08. The van der Waals surface area contributed by atoms with E-state index in [1.807, 2.05) is 24.3 Å². The quantitative estimate of drug-likeness (QED) is 0.627. The first-order valence-corrected chi connectivity index (χ1v) is 9.52. The number of carbonyl (C=O) groups is 2. The molecule has 0 saturated carbocycles. The zero-order valence-corrected chi connectivity index (χ0v) is 15.7. The van der Waals surface area contributed by atoms with E-state index in [0.717, 1.165) is 16.7 Å². The number of amides is 2. The minimum absolute atomic E-state index is 0.0902. The van der Waals surface area contributed by atoms with Gasteiger partial charge in [-0.15, -0.1) is 11.3 Å². The van der Waals surface area contributed by atoms with E-state index in [1.54, 1.807) is 34.5 Å². The lowest BCUT2D eigenvalue weighted by molar-refractivity contribution is 0.0699. The molecule has 0 saturated heterocycles. The number of nitrogens with one attached hydrogen (secondary N) is 1. The van der Waals surface area contributed by atoms with Crippen molar-refractivity contribution in [1.82, 2.24) is 4.90 Å². The monoisotopic (exact) mass is 398 g/mol. The van der Waals surface area contributed by atoms with Crippen LogP contribution in [0.1, 0.15) is 21.5 Å². The highest BCUT2D eigenvalue weighted by Gasteiger charge is 2.26. The molecule has 1 aliphatic heterocycles. The third-order valence-corrected chi connectivity index (χ3v) is 5.66. The number of hydrogen-bond acceptors (Lipinski definition) is 3. The fourth-order valence-electron chi connectivity index (χ4n) is 3.16. The van der Waals surface area contributed by atoms with E-state index in [-0.39, 0.29) is 11.6 Å². The summed E-state index contributed by atoms with van der Waals surface area (Å²) in [5.74, 6) is -1.08. The van der Waals surface area contributed by atoms with Crippen molar-refractivity contribution in [2.45, 2.75) is 13.1 Å². The van der Waals surface area contributed by atoms with Crippen LogP contribution in [0.2, 0.25) is 5.02 Å². The molecule has 2 heterocycles. The summed E-state index contributed by atoms with van der Waals surface area (Å²) in [7, 11) is 0. The van der Waals surface area contributed by atoms with Crippen molar-refractivity contribution in [3.63, 3.8) is 0 Å². The van der Waals surface area contributed by atoms with Crippen molar-refractivity contribution in [3.8, 4) is 11.1 Å². The van der Waals surface area contributed by atoms with Crippen LogP contribution in [0.5, 0.6) is 0 Å². The molecule has 3 aromatic rings. The average Bonchev–Trinajstić information content (AvgIpc) is 3.26. The number of carboxylic acid groups (broad SMARTS) is 1. The van der Waals surface area contributed by atoms with Crippen LogP contribution in [-0.2, 0) is 13.1 Å². The van der Waals surface area contributed by atoms with Crippen molar-refractivity contribution in [2.75, 3.05) is 5.32 Å². The summed E-state index contributed by atoms with van der Waals surface area (Å²) in [5.41, 5.74) is 3.61. The van der Waals surface area contributed by atoms with E-state index in [0.29, 0.717) is 28.7 Å². The fraction of sp³-hybridized carbons (Fsp3) is 0.100. The maximum Gasteiger partial charge on any atom is 0.339 e. The van der Waals surface area contributed by atoms with Crippen LogP contribution in [-0.4, -0.2) is 22.0 Å². The summed E-state index contributed by atoms with van der Waals surface area (Å²) >= 11 is 7.11. The van der Waals surface area contributed by atoms with E-state index in [2.05, 4.69) is 5.32 Å². The van der Waals surface area contributed by atoms with Gasteiger partial charge in [-0.1, -0.05) is 48.0 Å². The molecule has 1 aliphatic rings. The zero-order valence-electron chi connectivity index (χ0n) is 14.1. The standard InChI is InChI=1S/C20H15ClN2O3S/c21-15-7-5-12(6-8-15)16-11-27-18(17(16)19(24)25)22-20(26)23-9-13-3-1-2-4-14(13)10-23/h1-8,11H,9-10H2,(H,22,26)(H,24,25). The van der Waals surface area contributed by atoms with Gasteiger partial charge in [0.05, 0.1) is 0 Å². The van der Waals surface area contributed by atoms with E-state index < -0.39 is 5.97 Å². The van der Waals surface area contributed by atoms with Gasteiger partial charge in [0.15, 0.2) is 0 Å². The maximum atomic E-state index is 12.7. The predicted molar refractivity (Wildman–Crippen MR) is 106 cm³/mol. The van der Waals surface area contributed by atoms with Crippen LogP contribution in [0, 0.1) is 0 Å². The van der Waals surface area contributed by atoms with Crippen LogP contribution in [0.15, 0.2) is 53.9 Å². The molecule has 0 atom stereocenters. The van der Waals surface area contributed by atoms with Crippen LogP contribution < -0.4 is 5.32 Å². The van der Waals surface area contributed by atoms with Crippen molar-refractivity contribution in [2.24, 2.45) is 0 Å². The number of anilines is 1. The number of carbonyl (C=O) groups excluding carboxylic acids is 1. The Kier molecular flexibility index (Phi) is 4.59. The Morgan fingerprint density at radius 3 is 2.26 bits per heavy atom. The molecule has 0 spiro atoms. The van der Waals surface area contributed by atoms with Gasteiger partial charge < -0.3 is 10.0 Å². The molecule has 1 aromatic heterocycles. The second kappa shape index (κ2) is 7.06. The largest absolute Gasteiger partial charge is 0.478 e. The fourth-order valence-corrected chi connectivity index (χ4v) is 4.23. The number of aromatic carboxylic acids is 1. The van der Waals surface area contributed by atoms with Gasteiger partial charge in [-0.2, -0.15) is 0 Å². The molecule has 0 fully saturated rings. The molecule has 136 valence electrons. The Labute approximate surface area is 164 Å². The first-order chi connectivity index (χ1) is 13.0. The SMILES string of the molecule is O=C(O)c1c(-c2ccc(Cl)cc2)csc1NC(=O)N1Cc2ccccc2C1. The lowest BCUT2D eigenvalue weighted by Crippen LogP contribution is -2.30. The summed E-state index contributed by atoms with van der Waals surface area (Å²) in [4.78, 5) is 26.2. The Morgan fingerprint density at radius 1 is 1.04 bits per heavy atom. The molecule has 27 heavy (non-hydrogen) atoms. The van der Waals surface area contributed by atoms with E-state index >= 15 is 0 Å². The number of hydrogen-bond donors (Lipinski definition) is 2. The highest BCUT2D eigenvalue weighted by molar-refractivity contribution is 7.15. The van der Waals surface area contributed by atoms with Crippen LogP contribution in [0.4, 0.5) is 9.80 Å². The van der Waals surface area contributed by atoms with E-state index in [4.69, 9.17) is 11.6 Å². The first-order valence-electron chi connectivity index (χ1n) is 8.26. The zero-order chi connectivity index (χ0) is 19.0. The number of rotatable bonds is 3. The van der Waals surface area contributed by atoms with Gasteiger partial charge in [-0.25, -0.2) is 9.59 Å². The van der Waals surface area contributed by atoms with Gasteiger partial charge >= 0.3 is 12.0 Å². The van der Waals surface area contributed by atoms with Crippen molar-refractivity contribution >= 4 is 39.9 Å². The van der Waals surface area contributed by atoms with Crippen molar-refractivity contribution in [1.29, 1.82) is 0 Å². The molecular formula is C20H15ClN2O3S. The number of urea groups is 1. The lowest BCUT2D eigenvalue weighted by Gasteiger charge is -2.16. The van der Waals surface area contributed by atoms with Crippen LogP contribution >= 0.6 is 22.9 Å². The van der Waals surface area contributed by atoms with Gasteiger partial charge in [0.25, 0.3) is 0 Å². The molecule has 0 bridgehead atoms. The normalized spacial score (nSPS) is 12.7. The molecule has 0 radical (unpaired) electrons. The molecule has 2 amide bonds. The van der Waals surface area contributed by atoms with Gasteiger partial charge in [0.1, 0.15) is 10.6 Å². The molecule has 5 nitrogen and oxygen atoms in total. The summed E-state index contributed by atoms with van der Waals surface area (Å²) in [6.07, 6.45) is 0. The molecule has 0 unspecified atom stereocenters. The topological polar surface area (TPSA) is 69.6 Å². The molecule has 2 N–H and O–H groups in total. The van der Waals surface area contributed by atoms with E-state index in [9.17, 15) is 14.7 Å². The number of carboxylic acids is 1. The predicted octanol–water partition coefficient (Wildman–Crippen LogP) is 5.31. The van der Waals surface area contributed by atoms with Crippen molar-refractivity contribution < 1.29 is 14.7 Å². The smallest absolute Gasteiger partial charge is 0.339 e.